The molecule has 0 aliphatic rings. The molecule has 0 unspecified atom stereocenters. The second-order valence-corrected chi connectivity index (χ2v) is 7.76. The summed E-state index contributed by atoms with van der Waals surface area (Å²) in [5.41, 5.74) is 1.29. The predicted octanol–water partition coefficient (Wildman–Crippen LogP) is 5.29. The molecule has 9 heteroatoms. The highest BCUT2D eigenvalue weighted by atomic mass is 35.5. The molecule has 7 nitrogen and oxygen atoms in total. The molecule has 1 aromatic heterocycles. The fraction of sp³-hybridized carbons (Fsp3) is 0.136. The van der Waals surface area contributed by atoms with Crippen molar-refractivity contribution in [3.63, 3.8) is 0 Å². The molecular weight excluding hydrogens is 438 g/mol. The van der Waals surface area contributed by atoms with E-state index in [9.17, 15) is 4.79 Å². The lowest BCUT2D eigenvalue weighted by molar-refractivity contribution is -0.113. The van der Waals surface area contributed by atoms with Crippen LogP contribution in [0, 0.1) is 0 Å². The number of methoxy groups -OCH3 is 2. The lowest BCUT2D eigenvalue weighted by Crippen LogP contribution is -2.14. The Morgan fingerprint density at radius 2 is 1.84 bits per heavy atom. The van der Waals surface area contributed by atoms with Gasteiger partial charge in [-0.3, -0.25) is 4.79 Å². The van der Waals surface area contributed by atoms with Crippen molar-refractivity contribution in [2.45, 2.75) is 5.22 Å². The predicted molar refractivity (Wildman–Crippen MR) is 121 cm³/mol. The maximum atomic E-state index is 12.4. The third kappa shape index (κ3) is 4.60. The molecule has 0 radical (unpaired) electrons. The molecule has 0 aliphatic heterocycles. The van der Waals surface area contributed by atoms with E-state index in [1.165, 1.54) is 14.2 Å². The summed E-state index contributed by atoms with van der Waals surface area (Å²) in [6.45, 7) is 0. The maximum absolute atomic E-state index is 12.4. The minimum atomic E-state index is -0.269. The number of rotatable bonds is 7. The van der Waals surface area contributed by atoms with Crippen molar-refractivity contribution in [3.8, 4) is 23.0 Å². The number of nitrogens with zero attached hydrogens (tertiary/aromatic N) is 2. The summed E-state index contributed by atoms with van der Waals surface area (Å²) in [7, 11) is 3.01. The summed E-state index contributed by atoms with van der Waals surface area (Å²) < 4.78 is 16.2. The molecule has 0 atom stereocenters. The van der Waals surface area contributed by atoms with Crippen LogP contribution in [0.1, 0.15) is 0 Å². The van der Waals surface area contributed by atoms with Crippen molar-refractivity contribution in [1.82, 2.24) is 10.2 Å². The second kappa shape index (κ2) is 9.28. The summed E-state index contributed by atoms with van der Waals surface area (Å²) in [6, 6.07) is 17.0. The third-order valence-electron chi connectivity index (χ3n) is 4.50. The zero-order valence-corrected chi connectivity index (χ0v) is 18.3. The molecule has 4 rings (SSSR count). The number of fused-ring (bicyclic) bond motifs is 1. The van der Waals surface area contributed by atoms with Crippen molar-refractivity contribution in [2.75, 3.05) is 25.3 Å². The summed E-state index contributed by atoms with van der Waals surface area (Å²) >= 11 is 7.29. The normalized spacial score (nSPS) is 10.8. The van der Waals surface area contributed by atoms with Crippen LogP contribution in [0.4, 0.5) is 5.69 Å². The summed E-state index contributed by atoms with van der Waals surface area (Å²) in [5, 5.41) is 13.7. The largest absolute Gasteiger partial charge is 0.495 e. The zero-order valence-electron chi connectivity index (χ0n) is 16.7. The zero-order chi connectivity index (χ0) is 21.8. The number of halogens is 1. The Morgan fingerprint density at radius 1 is 1.06 bits per heavy atom. The van der Waals surface area contributed by atoms with Crippen molar-refractivity contribution >= 4 is 45.7 Å². The maximum Gasteiger partial charge on any atom is 0.277 e. The van der Waals surface area contributed by atoms with Crippen LogP contribution in [0.2, 0.25) is 5.02 Å². The monoisotopic (exact) mass is 455 g/mol. The molecule has 1 amide bonds. The Labute approximate surface area is 187 Å². The molecule has 0 saturated heterocycles. The van der Waals surface area contributed by atoms with Gasteiger partial charge in [-0.2, -0.15) is 0 Å². The Morgan fingerprint density at radius 3 is 2.65 bits per heavy atom. The number of nitrogens with one attached hydrogen (secondary N) is 1. The number of benzene rings is 3. The van der Waals surface area contributed by atoms with Crippen LogP contribution in [0.3, 0.4) is 0 Å². The lowest BCUT2D eigenvalue weighted by Gasteiger charge is -2.12. The van der Waals surface area contributed by atoms with E-state index in [1.807, 2.05) is 42.5 Å². The average Bonchev–Trinajstić information content (AvgIpc) is 3.26. The van der Waals surface area contributed by atoms with Gasteiger partial charge < -0.3 is 19.2 Å². The number of hydrogen-bond acceptors (Lipinski definition) is 7. The smallest absolute Gasteiger partial charge is 0.277 e. The number of hydrogen-bond donors (Lipinski definition) is 1. The summed E-state index contributed by atoms with van der Waals surface area (Å²) in [5.74, 6) is 1.11. The minimum Gasteiger partial charge on any atom is -0.495 e. The molecule has 1 N–H and O–H groups in total. The van der Waals surface area contributed by atoms with Gasteiger partial charge in [-0.15, -0.1) is 10.2 Å². The van der Waals surface area contributed by atoms with E-state index in [4.69, 9.17) is 25.5 Å². The number of amides is 1. The quantitative estimate of drug-likeness (QED) is 0.379. The Hall–Kier alpha value is -3.23. The molecule has 4 aromatic rings. The van der Waals surface area contributed by atoms with Crippen molar-refractivity contribution in [1.29, 1.82) is 0 Å². The molecule has 0 spiro atoms. The third-order valence-corrected chi connectivity index (χ3v) is 5.62. The van der Waals surface area contributed by atoms with Gasteiger partial charge in [0.25, 0.3) is 5.22 Å². The fourth-order valence-electron chi connectivity index (χ4n) is 3.06. The molecule has 3 aromatic carbocycles. The molecule has 158 valence electrons. The molecule has 0 fully saturated rings. The van der Waals surface area contributed by atoms with Gasteiger partial charge in [0.15, 0.2) is 0 Å². The van der Waals surface area contributed by atoms with Crippen molar-refractivity contribution in [2.24, 2.45) is 0 Å². The van der Waals surface area contributed by atoms with E-state index in [1.54, 1.807) is 12.1 Å². The van der Waals surface area contributed by atoms with Gasteiger partial charge in [-0.25, -0.2) is 0 Å². The van der Waals surface area contributed by atoms with E-state index in [0.717, 1.165) is 28.1 Å². The van der Waals surface area contributed by atoms with Gasteiger partial charge in [0.1, 0.15) is 11.5 Å². The molecular formula is C22H18ClN3O4S. The molecule has 0 aliphatic carbocycles. The summed E-state index contributed by atoms with van der Waals surface area (Å²) in [6.07, 6.45) is 0. The van der Waals surface area contributed by atoms with Gasteiger partial charge in [-0.05, 0) is 22.9 Å². The topological polar surface area (TPSA) is 86.5 Å². The highest BCUT2D eigenvalue weighted by Crippen LogP contribution is 2.36. The number of aromatic nitrogens is 2. The van der Waals surface area contributed by atoms with Gasteiger partial charge in [0.2, 0.25) is 11.8 Å². The molecule has 0 bridgehead atoms. The number of anilines is 1. The minimum absolute atomic E-state index is 0.0734. The SMILES string of the molecule is COc1cc(OC)c(NC(=O)CSc2nnc(-c3cccc4ccccc34)o2)cc1Cl. The van der Waals surface area contributed by atoms with E-state index in [-0.39, 0.29) is 11.7 Å². The van der Waals surface area contributed by atoms with Crippen LogP contribution in [-0.4, -0.2) is 36.1 Å². The first-order chi connectivity index (χ1) is 15.1. The molecule has 31 heavy (non-hydrogen) atoms. The van der Waals surface area contributed by atoms with Crippen molar-refractivity contribution < 1.29 is 18.7 Å². The summed E-state index contributed by atoms with van der Waals surface area (Å²) in [4.78, 5) is 12.4. The number of carbonyl (C=O) groups excluding carboxylic acids is 1. The van der Waals surface area contributed by atoms with Crippen LogP contribution in [0.5, 0.6) is 11.5 Å². The molecule has 0 saturated carbocycles. The van der Waals surface area contributed by atoms with Crippen LogP contribution in [-0.2, 0) is 4.79 Å². The van der Waals surface area contributed by atoms with Crippen LogP contribution >= 0.6 is 23.4 Å². The molecule has 1 heterocycles. The van der Waals surface area contributed by atoms with Gasteiger partial charge in [-0.1, -0.05) is 59.8 Å². The fourth-order valence-corrected chi connectivity index (χ4v) is 3.86. The highest BCUT2D eigenvalue weighted by Gasteiger charge is 2.16. The highest BCUT2D eigenvalue weighted by molar-refractivity contribution is 7.99. The lowest BCUT2D eigenvalue weighted by atomic mass is 10.0. The number of carbonyl (C=O) groups is 1. The Balaban J connectivity index is 1.44. The number of ether oxygens (including phenoxy) is 2. The Kier molecular flexibility index (Phi) is 6.29. The van der Waals surface area contributed by atoms with Crippen LogP contribution in [0.15, 0.2) is 64.2 Å². The average molecular weight is 456 g/mol. The van der Waals surface area contributed by atoms with Crippen molar-refractivity contribution in [3.05, 3.63) is 59.6 Å². The van der Waals surface area contributed by atoms with Crippen LogP contribution < -0.4 is 14.8 Å². The van der Waals surface area contributed by atoms with E-state index in [0.29, 0.717) is 33.3 Å². The number of thioether (sulfide) groups is 1. The second-order valence-electron chi connectivity index (χ2n) is 6.42. The van der Waals surface area contributed by atoms with Gasteiger partial charge in [0.05, 0.1) is 30.7 Å². The Bertz CT molecular complexity index is 1240. The van der Waals surface area contributed by atoms with Gasteiger partial charge >= 0.3 is 0 Å². The first-order valence-corrected chi connectivity index (χ1v) is 10.6. The van der Waals surface area contributed by atoms with E-state index >= 15 is 0 Å². The van der Waals surface area contributed by atoms with E-state index in [2.05, 4.69) is 15.5 Å². The first-order valence-electron chi connectivity index (χ1n) is 9.25. The van der Waals surface area contributed by atoms with Gasteiger partial charge in [0, 0.05) is 11.6 Å². The first kappa shape index (κ1) is 21.0. The van der Waals surface area contributed by atoms with Crippen LogP contribution in [0.25, 0.3) is 22.2 Å². The standard InChI is InChI=1S/C22H18ClN3O4S/c1-28-18-11-19(29-2)17(10-16(18)23)24-20(27)12-31-22-26-25-21(30-22)15-9-5-7-13-6-3-4-8-14(13)15/h3-11H,12H2,1-2H3,(H,24,27). The van der Waals surface area contributed by atoms with E-state index < -0.39 is 0 Å².